The van der Waals surface area contributed by atoms with E-state index in [1.165, 1.54) is 18.6 Å². The maximum atomic E-state index is 10.5. The molecule has 2 aromatic rings. The fourth-order valence-corrected chi connectivity index (χ4v) is 3.97. The van der Waals surface area contributed by atoms with Crippen LogP contribution in [-0.4, -0.2) is 50.2 Å². The summed E-state index contributed by atoms with van der Waals surface area (Å²) in [7, 11) is -2.40. The van der Waals surface area contributed by atoms with Crippen molar-refractivity contribution >= 4 is 27.4 Å². The maximum absolute atomic E-state index is 10.5. The fourth-order valence-electron chi connectivity index (χ4n) is 3.31. The molecule has 2 atom stereocenters. The van der Waals surface area contributed by atoms with Gasteiger partial charge in [0.1, 0.15) is 0 Å². The molecule has 9 heteroatoms. The van der Waals surface area contributed by atoms with Gasteiger partial charge >= 0.3 is 0 Å². The molecule has 146 valence electrons. The molecule has 4 rings (SSSR count). The van der Waals surface area contributed by atoms with Crippen molar-refractivity contribution in [2.45, 2.75) is 30.3 Å². The number of benzene rings is 1. The average molecular weight is 412 g/mol. The van der Waals surface area contributed by atoms with Crippen molar-refractivity contribution in [3.63, 3.8) is 0 Å². The highest BCUT2D eigenvalue weighted by molar-refractivity contribution is 7.85. The summed E-state index contributed by atoms with van der Waals surface area (Å²) < 4.78 is 34.7. The summed E-state index contributed by atoms with van der Waals surface area (Å²) in [5, 5.41) is 3.90. The number of hydrogen-bond acceptors (Lipinski definition) is 6. The Morgan fingerprint density at radius 1 is 1.33 bits per heavy atom. The molecule has 2 aliphatic rings. The number of aromatic nitrogens is 1. The zero-order valence-electron chi connectivity index (χ0n) is 15.1. The number of rotatable bonds is 3. The van der Waals surface area contributed by atoms with Crippen LogP contribution in [0.3, 0.4) is 0 Å². The van der Waals surface area contributed by atoms with Gasteiger partial charge in [-0.25, -0.2) is 4.98 Å². The van der Waals surface area contributed by atoms with Crippen LogP contribution in [0.2, 0.25) is 5.15 Å². The van der Waals surface area contributed by atoms with E-state index in [2.05, 4.69) is 15.2 Å². The van der Waals surface area contributed by atoms with Crippen LogP contribution in [0.4, 0.5) is 5.69 Å². The van der Waals surface area contributed by atoms with Gasteiger partial charge in [0.15, 0.2) is 10.9 Å². The first kappa shape index (κ1) is 19.9. The van der Waals surface area contributed by atoms with E-state index in [1.807, 2.05) is 19.2 Å². The number of hydrogen-bond donors (Lipinski definition) is 2. The van der Waals surface area contributed by atoms with Gasteiger partial charge < -0.3 is 15.0 Å². The van der Waals surface area contributed by atoms with Crippen molar-refractivity contribution in [3.8, 4) is 5.75 Å². The van der Waals surface area contributed by atoms with Gasteiger partial charge in [0.2, 0.25) is 0 Å². The highest BCUT2D eigenvalue weighted by Crippen LogP contribution is 2.33. The Labute approximate surface area is 164 Å². The van der Waals surface area contributed by atoms with Crippen LogP contribution in [0.25, 0.3) is 0 Å². The number of halogens is 1. The molecule has 2 bridgehead atoms. The molecule has 2 saturated heterocycles. The topological polar surface area (TPSA) is 91.8 Å². The van der Waals surface area contributed by atoms with E-state index in [1.54, 1.807) is 19.2 Å². The SMILES string of the molecule is COc1cc(N2C[C@H]3C[C@@H]2CN3)cnc1Cl.Cc1ccc(S(=O)(=O)O)cc1. The molecule has 0 amide bonds. The predicted octanol–water partition coefficient (Wildman–Crippen LogP) is 2.54. The van der Waals surface area contributed by atoms with E-state index in [0.717, 1.165) is 24.3 Å². The van der Waals surface area contributed by atoms with Gasteiger partial charge in [-0.1, -0.05) is 29.3 Å². The lowest BCUT2D eigenvalue weighted by Crippen LogP contribution is -2.43. The van der Waals surface area contributed by atoms with E-state index in [4.69, 9.17) is 20.9 Å². The molecule has 2 aliphatic heterocycles. The molecule has 0 unspecified atom stereocenters. The van der Waals surface area contributed by atoms with Crippen LogP contribution in [0.1, 0.15) is 12.0 Å². The van der Waals surface area contributed by atoms with Crippen LogP contribution in [-0.2, 0) is 10.1 Å². The standard InChI is InChI=1S/C11H14ClN3O.C7H8O3S/c1-16-10-3-9(5-14-11(10)12)15-6-7-2-8(15)4-13-7;1-6-2-4-7(5-3-6)11(8,9)10/h3,5,7-8,13H,2,4,6H2,1H3;2-5H,1H3,(H,8,9,10)/t7-,8-;/m1./s1. The Bertz CT molecular complexity index is 905. The summed E-state index contributed by atoms with van der Waals surface area (Å²) >= 11 is 5.92. The second-order valence-corrected chi connectivity index (χ2v) is 8.40. The number of nitrogens with one attached hydrogen (secondary N) is 1. The number of ether oxygens (including phenoxy) is 1. The molecular weight excluding hydrogens is 390 g/mol. The van der Waals surface area contributed by atoms with Crippen LogP contribution in [0.15, 0.2) is 41.4 Å². The summed E-state index contributed by atoms with van der Waals surface area (Å²) in [6.45, 7) is 3.96. The number of anilines is 1. The third-order valence-electron chi connectivity index (χ3n) is 4.72. The average Bonchev–Trinajstić information content (AvgIpc) is 3.26. The third kappa shape index (κ3) is 4.70. The molecular formula is C18H22ClN3O4S. The van der Waals surface area contributed by atoms with Gasteiger partial charge in [0.25, 0.3) is 10.1 Å². The quantitative estimate of drug-likeness (QED) is 0.592. The first-order valence-corrected chi connectivity index (χ1v) is 10.3. The first-order chi connectivity index (χ1) is 12.8. The first-order valence-electron chi connectivity index (χ1n) is 8.51. The molecule has 0 aliphatic carbocycles. The van der Waals surface area contributed by atoms with E-state index in [0.29, 0.717) is 23.0 Å². The second kappa shape index (κ2) is 8.02. The molecule has 2 fully saturated rings. The van der Waals surface area contributed by atoms with E-state index >= 15 is 0 Å². The number of aryl methyl sites for hydroxylation is 1. The lowest BCUT2D eigenvalue weighted by molar-refractivity contribution is 0.413. The summed E-state index contributed by atoms with van der Waals surface area (Å²) in [4.78, 5) is 6.47. The largest absolute Gasteiger partial charge is 0.493 e. The number of pyridine rings is 1. The highest BCUT2D eigenvalue weighted by Gasteiger charge is 2.37. The van der Waals surface area contributed by atoms with Gasteiger partial charge in [0.05, 0.1) is 23.9 Å². The fraction of sp³-hybridized carbons (Fsp3) is 0.389. The zero-order chi connectivity index (χ0) is 19.6. The van der Waals surface area contributed by atoms with Crippen molar-refractivity contribution in [1.82, 2.24) is 10.3 Å². The van der Waals surface area contributed by atoms with Crippen LogP contribution >= 0.6 is 11.6 Å². The number of piperazine rings is 1. The van der Waals surface area contributed by atoms with E-state index in [-0.39, 0.29) is 4.90 Å². The highest BCUT2D eigenvalue weighted by atomic mass is 35.5. The van der Waals surface area contributed by atoms with Crippen molar-refractivity contribution in [3.05, 3.63) is 47.2 Å². The van der Waals surface area contributed by atoms with E-state index in [9.17, 15) is 8.42 Å². The zero-order valence-corrected chi connectivity index (χ0v) is 16.7. The minimum Gasteiger partial charge on any atom is -0.493 e. The molecule has 1 aromatic carbocycles. The summed E-state index contributed by atoms with van der Waals surface area (Å²) in [6, 6.07) is 9.18. The molecule has 1 aromatic heterocycles. The minimum absolute atomic E-state index is 0.0666. The normalized spacial score (nSPS) is 21.0. The third-order valence-corrected chi connectivity index (χ3v) is 5.87. The number of nitrogens with zero attached hydrogens (tertiary/aromatic N) is 2. The Kier molecular flexibility index (Phi) is 5.90. The molecule has 0 radical (unpaired) electrons. The van der Waals surface area contributed by atoms with Crippen LogP contribution in [0.5, 0.6) is 5.75 Å². The van der Waals surface area contributed by atoms with Crippen molar-refractivity contribution in [2.24, 2.45) is 0 Å². The van der Waals surface area contributed by atoms with Crippen LogP contribution < -0.4 is 15.0 Å². The van der Waals surface area contributed by atoms with Gasteiger partial charge in [-0.05, 0) is 25.5 Å². The molecule has 27 heavy (non-hydrogen) atoms. The Balaban J connectivity index is 0.000000168. The molecule has 7 nitrogen and oxygen atoms in total. The number of methoxy groups -OCH3 is 1. The Morgan fingerprint density at radius 2 is 2.04 bits per heavy atom. The summed E-state index contributed by atoms with van der Waals surface area (Å²) in [6.07, 6.45) is 3.05. The lowest BCUT2D eigenvalue weighted by atomic mass is 10.2. The van der Waals surface area contributed by atoms with Gasteiger partial charge in [-0.2, -0.15) is 8.42 Å². The molecule has 0 saturated carbocycles. The van der Waals surface area contributed by atoms with Crippen LogP contribution in [0, 0.1) is 6.92 Å². The second-order valence-electron chi connectivity index (χ2n) is 6.62. The smallest absolute Gasteiger partial charge is 0.294 e. The minimum atomic E-state index is -4.02. The molecule has 2 N–H and O–H groups in total. The van der Waals surface area contributed by atoms with Gasteiger partial charge in [-0.3, -0.25) is 4.55 Å². The van der Waals surface area contributed by atoms with Gasteiger partial charge in [-0.15, -0.1) is 0 Å². The summed E-state index contributed by atoms with van der Waals surface area (Å²) in [5.74, 6) is 0.648. The van der Waals surface area contributed by atoms with Crippen molar-refractivity contribution in [2.75, 3.05) is 25.1 Å². The Morgan fingerprint density at radius 3 is 2.56 bits per heavy atom. The monoisotopic (exact) mass is 411 g/mol. The predicted molar refractivity (Wildman–Crippen MR) is 104 cm³/mol. The molecule has 3 heterocycles. The lowest BCUT2D eigenvalue weighted by Gasteiger charge is -2.29. The number of fused-ring (bicyclic) bond motifs is 2. The Hall–Kier alpha value is -1.87. The molecule has 0 spiro atoms. The van der Waals surface area contributed by atoms with Crippen molar-refractivity contribution < 1.29 is 17.7 Å². The maximum Gasteiger partial charge on any atom is 0.294 e. The van der Waals surface area contributed by atoms with Crippen molar-refractivity contribution in [1.29, 1.82) is 0 Å². The summed E-state index contributed by atoms with van der Waals surface area (Å²) in [5.41, 5.74) is 2.06. The van der Waals surface area contributed by atoms with Gasteiger partial charge in [0, 0.05) is 31.2 Å². The van der Waals surface area contributed by atoms with E-state index < -0.39 is 10.1 Å².